The topological polar surface area (TPSA) is 108 Å². The van der Waals surface area contributed by atoms with Crippen LogP contribution in [0.1, 0.15) is 18.1 Å². The minimum atomic E-state index is -0.451. The molecule has 0 fully saturated rings. The lowest BCUT2D eigenvalue weighted by atomic mass is 10.2. The van der Waals surface area contributed by atoms with Gasteiger partial charge in [-0.15, -0.1) is 10.2 Å². The normalized spacial score (nSPS) is 10.9. The van der Waals surface area contributed by atoms with Crippen molar-refractivity contribution < 1.29 is 19.1 Å². The molecule has 0 aliphatic rings. The Morgan fingerprint density at radius 3 is 2.47 bits per heavy atom. The molecule has 0 radical (unpaired) electrons. The lowest BCUT2D eigenvalue weighted by Crippen LogP contribution is -2.20. The summed E-state index contributed by atoms with van der Waals surface area (Å²) in [4.78, 5) is 23.7. The number of carbonyl (C=O) groups is 2. The van der Waals surface area contributed by atoms with Crippen molar-refractivity contribution >= 4 is 41.5 Å². The van der Waals surface area contributed by atoms with Crippen LogP contribution in [0.2, 0.25) is 5.02 Å². The van der Waals surface area contributed by atoms with E-state index in [0.717, 1.165) is 16.8 Å². The van der Waals surface area contributed by atoms with E-state index in [1.807, 2.05) is 47.9 Å². The van der Waals surface area contributed by atoms with Crippen LogP contribution in [0.4, 0.5) is 0 Å². The Balaban J connectivity index is 1.46. The molecule has 0 saturated carbocycles. The van der Waals surface area contributed by atoms with Crippen LogP contribution in [0.5, 0.6) is 11.5 Å². The number of halogens is 1. The Morgan fingerprint density at radius 2 is 1.79 bits per heavy atom. The van der Waals surface area contributed by atoms with Gasteiger partial charge in [0.2, 0.25) is 0 Å². The number of nitrogens with zero attached hydrogens (tertiary/aromatic N) is 4. The van der Waals surface area contributed by atoms with Gasteiger partial charge in [0.05, 0.1) is 19.1 Å². The molecule has 3 aromatic carbocycles. The van der Waals surface area contributed by atoms with Gasteiger partial charge in [0.25, 0.3) is 5.91 Å². The minimum Gasteiger partial charge on any atom is -0.493 e. The number of hydrazone groups is 1. The lowest BCUT2D eigenvalue weighted by molar-refractivity contribution is -0.132. The third-order valence-electron chi connectivity index (χ3n) is 5.20. The van der Waals surface area contributed by atoms with Gasteiger partial charge in [-0.25, -0.2) is 5.43 Å². The summed E-state index contributed by atoms with van der Waals surface area (Å²) in [5.74, 6) is 0.606. The van der Waals surface area contributed by atoms with Gasteiger partial charge in [0.1, 0.15) is 0 Å². The number of nitrogens with one attached hydrogen (secondary N) is 1. The van der Waals surface area contributed by atoms with E-state index >= 15 is 0 Å². The molecule has 38 heavy (non-hydrogen) atoms. The highest BCUT2D eigenvalue weighted by Crippen LogP contribution is 2.29. The van der Waals surface area contributed by atoms with Gasteiger partial charge in [-0.2, -0.15) is 5.10 Å². The van der Waals surface area contributed by atoms with Gasteiger partial charge in [-0.1, -0.05) is 41.1 Å². The molecule has 1 aromatic heterocycles. The second-order valence-electron chi connectivity index (χ2n) is 8.07. The van der Waals surface area contributed by atoms with Crippen molar-refractivity contribution in [3.63, 3.8) is 0 Å². The first kappa shape index (κ1) is 26.9. The summed E-state index contributed by atoms with van der Waals surface area (Å²) in [7, 11) is 1.47. The molecule has 11 heteroatoms. The summed E-state index contributed by atoms with van der Waals surface area (Å²) in [6.07, 6.45) is 1.47. The number of carbonyl (C=O) groups excluding carboxylic acids is 2. The van der Waals surface area contributed by atoms with Gasteiger partial charge >= 0.3 is 5.97 Å². The van der Waals surface area contributed by atoms with E-state index in [1.165, 1.54) is 32.0 Å². The molecule has 1 amide bonds. The molecule has 0 aliphatic carbocycles. The van der Waals surface area contributed by atoms with E-state index in [4.69, 9.17) is 21.1 Å². The molecule has 4 aromatic rings. The zero-order valence-electron chi connectivity index (χ0n) is 20.8. The highest BCUT2D eigenvalue weighted by molar-refractivity contribution is 7.99. The highest BCUT2D eigenvalue weighted by atomic mass is 35.5. The van der Waals surface area contributed by atoms with Crippen LogP contribution < -0.4 is 14.9 Å². The van der Waals surface area contributed by atoms with Crippen LogP contribution in [0.3, 0.4) is 0 Å². The zero-order valence-corrected chi connectivity index (χ0v) is 22.4. The first-order valence-electron chi connectivity index (χ1n) is 11.4. The van der Waals surface area contributed by atoms with Crippen molar-refractivity contribution in [3.05, 3.63) is 82.9 Å². The molecule has 194 valence electrons. The van der Waals surface area contributed by atoms with Crippen LogP contribution in [0, 0.1) is 6.92 Å². The fourth-order valence-electron chi connectivity index (χ4n) is 3.42. The van der Waals surface area contributed by atoms with E-state index in [1.54, 1.807) is 30.3 Å². The standard InChI is InChI=1S/C27H24ClN5O4S/c1-17-4-11-22(12-5-17)33-26(20-7-9-21(28)10-8-20)31-32-27(33)38-16-25(35)30-29-15-19-6-13-23(37-18(2)34)24(14-19)36-3/h4-15H,16H2,1-3H3,(H,30,35)/b29-15+. The van der Waals surface area contributed by atoms with E-state index in [2.05, 4.69) is 20.7 Å². The SMILES string of the molecule is COc1cc(/C=N/NC(=O)CSc2nnc(-c3ccc(Cl)cc3)n2-c2ccc(C)cc2)ccc1OC(C)=O. The zero-order chi connectivity index (χ0) is 27.1. The predicted octanol–water partition coefficient (Wildman–Crippen LogP) is 5.07. The Labute approximate surface area is 228 Å². The van der Waals surface area contributed by atoms with Crippen LogP contribution >= 0.6 is 23.4 Å². The molecule has 0 atom stereocenters. The van der Waals surface area contributed by atoms with Gasteiger partial charge in [-0.05, 0) is 67.1 Å². The molecule has 0 unspecified atom stereocenters. The average molecular weight is 550 g/mol. The van der Waals surface area contributed by atoms with Crippen LogP contribution in [0.15, 0.2) is 77.0 Å². The van der Waals surface area contributed by atoms with Crippen molar-refractivity contribution in [3.8, 4) is 28.6 Å². The Morgan fingerprint density at radius 1 is 1.05 bits per heavy atom. The first-order valence-corrected chi connectivity index (χ1v) is 12.8. The minimum absolute atomic E-state index is 0.0661. The summed E-state index contributed by atoms with van der Waals surface area (Å²) in [6.45, 7) is 3.32. The van der Waals surface area contributed by atoms with Gasteiger partial charge in [0.15, 0.2) is 22.5 Å². The van der Waals surface area contributed by atoms with Crippen molar-refractivity contribution in [2.45, 2.75) is 19.0 Å². The predicted molar refractivity (Wildman–Crippen MR) is 147 cm³/mol. The number of esters is 1. The van der Waals surface area contributed by atoms with Crippen LogP contribution in [-0.2, 0) is 9.59 Å². The number of amides is 1. The maximum Gasteiger partial charge on any atom is 0.308 e. The number of methoxy groups -OCH3 is 1. The maximum absolute atomic E-state index is 12.5. The summed E-state index contributed by atoms with van der Waals surface area (Å²) in [6, 6.07) is 20.2. The number of aromatic nitrogens is 3. The second kappa shape index (κ2) is 12.4. The summed E-state index contributed by atoms with van der Waals surface area (Å²) >= 11 is 7.30. The van der Waals surface area contributed by atoms with E-state index in [-0.39, 0.29) is 11.7 Å². The molecule has 9 nitrogen and oxygen atoms in total. The number of ether oxygens (including phenoxy) is 2. The molecule has 0 aliphatic heterocycles. The maximum atomic E-state index is 12.5. The Kier molecular flexibility index (Phi) is 8.77. The van der Waals surface area contributed by atoms with E-state index in [0.29, 0.717) is 33.1 Å². The number of benzene rings is 3. The smallest absolute Gasteiger partial charge is 0.308 e. The number of hydrogen-bond acceptors (Lipinski definition) is 8. The molecular formula is C27H24ClN5O4S. The number of aryl methyl sites for hydroxylation is 1. The number of hydrogen-bond donors (Lipinski definition) is 1. The fourth-order valence-corrected chi connectivity index (χ4v) is 4.29. The van der Waals surface area contributed by atoms with E-state index in [9.17, 15) is 9.59 Å². The number of thioether (sulfide) groups is 1. The second-order valence-corrected chi connectivity index (χ2v) is 9.45. The molecule has 0 spiro atoms. The van der Waals surface area contributed by atoms with Crippen LogP contribution in [0.25, 0.3) is 17.1 Å². The largest absolute Gasteiger partial charge is 0.493 e. The highest BCUT2D eigenvalue weighted by Gasteiger charge is 2.17. The van der Waals surface area contributed by atoms with Crippen LogP contribution in [-0.4, -0.2) is 45.7 Å². The molecule has 1 N–H and O–H groups in total. The third kappa shape index (κ3) is 6.78. The van der Waals surface area contributed by atoms with Gasteiger partial charge in [0, 0.05) is 23.2 Å². The Bertz CT molecular complexity index is 1470. The number of rotatable bonds is 9. The molecular weight excluding hydrogens is 526 g/mol. The van der Waals surface area contributed by atoms with Gasteiger partial charge in [-0.3, -0.25) is 14.2 Å². The molecule has 4 rings (SSSR count). The van der Waals surface area contributed by atoms with Crippen molar-refractivity contribution in [1.29, 1.82) is 0 Å². The van der Waals surface area contributed by atoms with Crippen molar-refractivity contribution in [2.75, 3.05) is 12.9 Å². The van der Waals surface area contributed by atoms with E-state index < -0.39 is 5.97 Å². The monoisotopic (exact) mass is 549 g/mol. The summed E-state index contributed by atoms with van der Waals surface area (Å²) in [5.41, 5.74) is 6.00. The third-order valence-corrected chi connectivity index (χ3v) is 6.39. The lowest BCUT2D eigenvalue weighted by Gasteiger charge is -2.11. The Hall–Kier alpha value is -4.15. The van der Waals surface area contributed by atoms with Crippen molar-refractivity contribution in [1.82, 2.24) is 20.2 Å². The molecule has 1 heterocycles. The van der Waals surface area contributed by atoms with Gasteiger partial charge < -0.3 is 9.47 Å². The molecule has 0 bridgehead atoms. The quantitative estimate of drug-likeness (QED) is 0.102. The average Bonchev–Trinajstić information content (AvgIpc) is 3.32. The molecule has 0 saturated heterocycles. The fraction of sp³-hybridized carbons (Fsp3) is 0.148. The van der Waals surface area contributed by atoms with Crippen molar-refractivity contribution in [2.24, 2.45) is 5.10 Å². The first-order chi connectivity index (χ1) is 18.3. The summed E-state index contributed by atoms with van der Waals surface area (Å²) < 4.78 is 12.2. The summed E-state index contributed by atoms with van der Waals surface area (Å²) in [5, 5.41) is 13.9.